The molecule has 0 aromatic heterocycles. The van der Waals surface area contributed by atoms with Crippen LogP contribution < -0.4 is 16.0 Å². The maximum absolute atomic E-state index is 11.4. The minimum absolute atomic E-state index is 0.232. The smallest absolute Gasteiger partial charge is 0.322 e. The number of carboxylic acids is 1. The molecule has 1 unspecified atom stereocenters. The van der Waals surface area contributed by atoms with Crippen molar-refractivity contribution in [2.45, 2.75) is 19.3 Å². The molecule has 0 fully saturated rings. The van der Waals surface area contributed by atoms with Gasteiger partial charge in [0.25, 0.3) is 0 Å². The van der Waals surface area contributed by atoms with Crippen LogP contribution in [0.15, 0.2) is 12.2 Å². The Morgan fingerprint density at radius 3 is 2.53 bits per heavy atom. The molecule has 0 heterocycles. The largest absolute Gasteiger partial charge is 0.480 e. The van der Waals surface area contributed by atoms with Gasteiger partial charge in [0, 0.05) is 6.54 Å². The minimum atomic E-state index is -1.12. The molecule has 0 bridgehead atoms. The second kappa shape index (κ2) is 8.12. The van der Waals surface area contributed by atoms with E-state index in [1.165, 1.54) is 0 Å². The molecule has 0 saturated heterocycles. The molecule has 7 nitrogen and oxygen atoms in total. The average Bonchev–Trinajstić information content (AvgIpc) is 2.41. The zero-order valence-corrected chi connectivity index (χ0v) is 10.6. The van der Waals surface area contributed by atoms with Crippen molar-refractivity contribution in [3.8, 4) is 0 Å². The summed E-state index contributed by atoms with van der Waals surface area (Å²) in [5.74, 6) is -1.21. The maximum atomic E-state index is 11.4. The van der Waals surface area contributed by atoms with Crippen LogP contribution in [0, 0.1) is 5.92 Å². The molecule has 1 atom stereocenters. The van der Waals surface area contributed by atoms with Gasteiger partial charge in [-0.25, -0.2) is 4.79 Å². The van der Waals surface area contributed by atoms with E-state index in [1.807, 2.05) is 0 Å². The van der Waals surface area contributed by atoms with Crippen molar-refractivity contribution >= 4 is 17.9 Å². The van der Waals surface area contributed by atoms with Gasteiger partial charge in [-0.05, 0) is 25.2 Å². The number of aliphatic carboxylic acids is 1. The summed E-state index contributed by atoms with van der Waals surface area (Å²) in [5, 5.41) is 15.6. The van der Waals surface area contributed by atoms with E-state index in [1.54, 1.807) is 0 Å². The third-order valence-electron chi connectivity index (χ3n) is 2.78. The van der Waals surface area contributed by atoms with E-state index in [9.17, 15) is 14.4 Å². The van der Waals surface area contributed by atoms with Gasteiger partial charge in [-0.3, -0.25) is 9.59 Å². The van der Waals surface area contributed by atoms with Gasteiger partial charge in [0.2, 0.25) is 5.91 Å². The highest BCUT2D eigenvalue weighted by Crippen LogP contribution is 2.16. The van der Waals surface area contributed by atoms with Crippen molar-refractivity contribution in [3.63, 3.8) is 0 Å². The van der Waals surface area contributed by atoms with Crippen LogP contribution >= 0.6 is 0 Å². The molecule has 0 aromatic carbocycles. The lowest BCUT2D eigenvalue weighted by Gasteiger charge is -2.18. The molecule has 106 valence electrons. The molecule has 1 aliphatic rings. The molecule has 0 aliphatic heterocycles. The normalized spacial score (nSPS) is 17.6. The van der Waals surface area contributed by atoms with Gasteiger partial charge in [-0.15, -0.1) is 0 Å². The van der Waals surface area contributed by atoms with Crippen LogP contribution in [0.3, 0.4) is 0 Å². The topological polar surface area (TPSA) is 108 Å². The summed E-state index contributed by atoms with van der Waals surface area (Å²) in [6.45, 7) is -0.104. The predicted molar refractivity (Wildman–Crippen MR) is 68.5 cm³/mol. The lowest BCUT2D eigenvalue weighted by atomic mass is 9.94. The molecule has 0 radical (unpaired) electrons. The van der Waals surface area contributed by atoms with Crippen molar-refractivity contribution < 1.29 is 19.5 Å². The zero-order chi connectivity index (χ0) is 14.1. The Kier molecular flexibility index (Phi) is 6.42. The van der Waals surface area contributed by atoms with Crippen LogP contribution in [0.25, 0.3) is 0 Å². The van der Waals surface area contributed by atoms with Gasteiger partial charge in [-0.2, -0.15) is 0 Å². The van der Waals surface area contributed by atoms with Gasteiger partial charge in [0.05, 0.1) is 6.54 Å². The first-order chi connectivity index (χ1) is 9.08. The number of hydrogen-bond donors (Lipinski definition) is 4. The monoisotopic (exact) mass is 269 g/mol. The highest BCUT2D eigenvalue weighted by molar-refractivity contribution is 5.86. The summed E-state index contributed by atoms with van der Waals surface area (Å²) < 4.78 is 0. The molecule has 1 aliphatic carbocycles. The molecule has 1 rings (SSSR count). The first-order valence-electron chi connectivity index (χ1n) is 6.23. The average molecular weight is 269 g/mol. The third kappa shape index (κ3) is 7.07. The molecule has 0 aromatic rings. The fourth-order valence-corrected chi connectivity index (χ4v) is 1.74. The maximum Gasteiger partial charge on any atom is 0.322 e. The van der Waals surface area contributed by atoms with Crippen LogP contribution in [0.2, 0.25) is 0 Å². The molecule has 7 heteroatoms. The summed E-state index contributed by atoms with van der Waals surface area (Å²) in [5.41, 5.74) is 0. The number of amides is 3. The molecule has 0 saturated carbocycles. The first-order valence-corrected chi connectivity index (χ1v) is 6.23. The van der Waals surface area contributed by atoms with Gasteiger partial charge in [-0.1, -0.05) is 12.2 Å². The SMILES string of the molecule is O=C(O)CNC(=O)CNC(=O)NCC1CC=CCC1. The second-order valence-electron chi connectivity index (χ2n) is 4.38. The molecule has 0 spiro atoms. The lowest BCUT2D eigenvalue weighted by Crippen LogP contribution is -2.44. The van der Waals surface area contributed by atoms with E-state index in [0.717, 1.165) is 19.3 Å². The fraction of sp³-hybridized carbons (Fsp3) is 0.583. The van der Waals surface area contributed by atoms with Crippen molar-refractivity contribution in [2.24, 2.45) is 5.92 Å². The number of carboxylic acid groups (broad SMARTS) is 1. The summed E-state index contributed by atoms with van der Waals surface area (Å²) in [7, 11) is 0. The standard InChI is InChI=1S/C12H19N3O4/c16-10(13-8-11(17)18)7-15-12(19)14-6-9-4-2-1-3-5-9/h1-2,9H,3-8H2,(H,13,16)(H,17,18)(H2,14,15,19). The Morgan fingerprint density at radius 1 is 1.11 bits per heavy atom. The predicted octanol–water partition coefficient (Wildman–Crippen LogP) is -0.157. The number of allylic oxidation sites excluding steroid dienone is 2. The Hall–Kier alpha value is -2.05. The van der Waals surface area contributed by atoms with E-state index in [2.05, 4.69) is 28.1 Å². The Bertz CT molecular complexity index is 368. The van der Waals surface area contributed by atoms with E-state index >= 15 is 0 Å². The summed E-state index contributed by atoms with van der Waals surface area (Å²) in [6, 6.07) is -0.417. The Labute approximate surface area is 111 Å². The summed E-state index contributed by atoms with van der Waals surface area (Å²) in [4.78, 5) is 32.7. The van der Waals surface area contributed by atoms with Crippen LogP contribution in [0.1, 0.15) is 19.3 Å². The molecule has 3 amide bonds. The fourth-order valence-electron chi connectivity index (χ4n) is 1.74. The molecular weight excluding hydrogens is 250 g/mol. The van der Waals surface area contributed by atoms with Crippen molar-refractivity contribution in [2.75, 3.05) is 19.6 Å². The van der Waals surface area contributed by atoms with Crippen LogP contribution in [0.4, 0.5) is 4.79 Å². The van der Waals surface area contributed by atoms with Crippen molar-refractivity contribution in [3.05, 3.63) is 12.2 Å². The minimum Gasteiger partial charge on any atom is -0.480 e. The quantitative estimate of drug-likeness (QED) is 0.503. The van der Waals surface area contributed by atoms with Gasteiger partial charge < -0.3 is 21.1 Å². The number of carbonyl (C=O) groups excluding carboxylic acids is 2. The molecule has 19 heavy (non-hydrogen) atoms. The highest BCUT2D eigenvalue weighted by Gasteiger charge is 2.11. The highest BCUT2D eigenvalue weighted by atomic mass is 16.4. The first kappa shape index (κ1) is 15.0. The number of rotatable bonds is 6. The van der Waals surface area contributed by atoms with Crippen molar-refractivity contribution in [1.29, 1.82) is 0 Å². The molecule has 4 N–H and O–H groups in total. The number of hydrogen-bond acceptors (Lipinski definition) is 3. The second-order valence-corrected chi connectivity index (χ2v) is 4.38. The van der Waals surface area contributed by atoms with Crippen LogP contribution in [-0.2, 0) is 9.59 Å². The van der Waals surface area contributed by atoms with E-state index in [-0.39, 0.29) is 6.54 Å². The number of nitrogens with one attached hydrogen (secondary N) is 3. The lowest BCUT2D eigenvalue weighted by molar-refractivity contribution is -0.137. The number of carbonyl (C=O) groups is 3. The van der Waals surface area contributed by atoms with Crippen LogP contribution in [-0.4, -0.2) is 42.6 Å². The van der Waals surface area contributed by atoms with E-state index in [0.29, 0.717) is 12.5 Å². The van der Waals surface area contributed by atoms with E-state index < -0.39 is 24.5 Å². The van der Waals surface area contributed by atoms with Gasteiger partial charge >= 0.3 is 12.0 Å². The van der Waals surface area contributed by atoms with Crippen LogP contribution in [0.5, 0.6) is 0 Å². The Morgan fingerprint density at radius 2 is 1.89 bits per heavy atom. The van der Waals surface area contributed by atoms with E-state index in [4.69, 9.17) is 5.11 Å². The van der Waals surface area contributed by atoms with Gasteiger partial charge in [0.15, 0.2) is 0 Å². The summed E-state index contributed by atoms with van der Waals surface area (Å²) in [6.07, 6.45) is 7.28. The number of urea groups is 1. The Balaban J connectivity index is 2.08. The molecular formula is C12H19N3O4. The third-order valence-corrected chi connectivity index (χ3v) is 2.78. The summed E-state index contributed by atoms with van der Waals surface area (Å²) >= 11 is 0. The van der Waals surface area contributed by atoms with Crippen molar-refractivity contribution in [1.82, 2.24) is 16.0 Å². The van der Waals surface area contributed by atoms with Gasteiger partial charge in [0.1, 0.15) is 6.54 Å². The zero-order valence-electron chi connectivity index (χ0n) is 10.6.